The van der Waals surface area contributed by atoms with E-state index in [0.717, 1.165) is 12.1 Å². The number of aromatic hydroxyl groups is 1. The van der Waals surface area contributed by atoms with Crippen molar-refractivity contribution in [1.82, 2.24) is 0 Å². The standard InChI is InChI=1S/C9H10F2O/c1-5(2)6-3-7(10)8(11)4-9(6)12/h3-5,12H,1-2H3. The van der Waals surface area contributed by atoms with Crippen LogP contribution in [0.15, 0.2) is 12.1 Å². The molecule has 1 aromatic carbocycles. The normalized spacial score (nSPS) is 10.8. The maximum atomic E-state index is 12.6. The summed E-state index contributed by atoms with van der Waals surface area (Å²) >= 11 is 0. The molecule has 0 aliphatic rings. The Balaban J connectivity index is 3.23. The van der Waals surface area contributed by atoms with Gasteiger partial charge in [0.05, 0.1) is 0 Å². The lowest BCUT2D eigenvalue weighted by atomic mass is 10.0. The van der Waals surface area contributed by atoms with Gasteiger partial charge in [0.15, 0.2) is 11.6 Å². The number of rotatable bonds is 1. The second-order valence-corrected chi connectivity index (χ2v) is 2.98. The van der Waals surface area contributed by atoms with E-state index < -0.39 is 11.6 Å². The highest BCUT2D eigenvalue weighted by atomic mass is 19.2. The van der Waals surface area contributed by atoms with E-state index in [0.29, 0.717) is 5.56 Å². The van der Waals surface area contributed by atoms with E-state index in [4.69, 9.17) is 0 Å². The molecule has 0 aromatic heterocycles. The van der Waals surface area contributed by atoms with Crippen LogP contribution in [0.1, 0.15) is 25.3 Å². The van der Waals surface area contributed by atoms with Crippen LogP contribution in [0.2, 0.25) is 0 Å². The Morgan fingerprint density at radius 2 is 1.67 bits per heavy atom. The predicted molar refractivity (Wildman–Crippen MR) is 42.1 cm³/mol. The Bertz CT molecular complexity index is 295. The molecule has 3 heteroatoms. The predicted octanol–water partition coefficient (Wildman–Crippen LogP) is 2.79. The van der Waals surface area contributed by atoms with Crippen LogP contribution in [0.25, 0.3) is 0 Å². The minimum absolute atomic E-state index is 0.0138. The maximum absolute atomic E-state index is 12.6. The zero-order valence-corrected chi connectivity index (χ0v) is 6.94. The molecule has 1 nitrogen and oxygen atoms in total. The van der Waals surface area contributed by atoms with Crippen molar-refractivity contribution < 1.29 is 13.9 Å². The van der Waals surface area contributed by atoms with Crippen molar-refractivity contribution in [1.29, 1.82) is 0 Å². The van der Waals surface area contributed by atoms with Crippen molar-refractivity contribution in [2.24, 2.45) is 0 Å². The summed E-state index contributed by atoms with van der Waals surface area (Å²) in [7, 11) is 0. The minimum Gasteiger partial charge on any atom is -0.508 e. The molecule has 0 unspecified atom stereocenters. The van der Waals surface area contributed by atoms with Crippen molar-refractivity contribution in [3.05, 3.63) is 29.3 Å². The minimum atomic E-state index is -1.02. The number of phenolic OH excluding ortho intramolecular Hbond substituents is 1. The molecule has 0 atom stereocenters. The van der Waals surface area contributed by atoms with E-state index in [2.05, 4.69) is 0 Å². The molecule has 1 aromatic rings. The third-order valence-electron chi connectivity index (χ3n) is 1.69. The van der Waals surface area contributed by atoms with E-state index in [1.165, 1.54) is 0 Å². The third kappa shape index (κ3) is 1.55. The molecule has 0 aliphatic heterocycles. The Kier molecular flexibility index (Phi) is 2.31. The Hall–Kier alpha value is -1.12. The highest BCUT2D eigenvalue weighted by Crippen LogP contribution is 2.27. The fraction of sp³-hybridized carbons (Fsp3) is 0.333. The van der Waals surface area contributed by atoms with Crippen molar-refractivity contribution >= 4 is 0 Å². The summed E-state index contributed by atoms with van der Waals surface area (Å²) in [5.74, 6) is -2.14. The van der Waals surface area contributed by atoms with Crippen LogP contribution in [-0.4, -0.2) is 5.11 Å². The van der Waals surface area contributed by atoms with Crippen LogP contribution in [0, 0.1) is 11.6 Å². The molecular weight excluding hydrogens is 162 g/mol. The third-order valence-corrected chi connectivity index (χ3v) is 1.69. The molecule has 1 rings (SSSR count). The smallest absolute Gasteiger partial charge is 0.162 e. The molecule has 0 amide bonds. The first-order chi connectivity index (χ1) is 5.52. The number of phenols is 1. The van der Waals surface area contributed by atoms with Gasteiger partial charge < -0.3 is 5.11 Å². The van der Waals surface area contributed by atoms with Crippen LogP contribution in [0.5, 0.6) is 5.75 Å². The summed E-state index contributed by atoms with van der Waals surface area (Å²) in [5.41, 5.74) is 0.425. The van der Waals surface area contributed by atoms with Crippen LogP contribution in [-0.2, 0) is 0 Å². The maximum Gasteiger partial charge on any atom is 0.162 e. The summed E-state index contributed by atoms with van der Waals surface area (Å²) < 4.78 is 25.1. The molecular formula is C9H10F2O. The van der Waals surface area contributed by atoms with Crippen LogP contribution in [0.4, 0.5) is 8.78 Å². The first-order valence-corrected chi connectivity index (χ1v) is 3.70. The van der Waals surface area contributed by atoms with Crippen molar-refractivity contribution in [3.63, 3.8) is 0 Å². The van der Waals surface area contributed by atoms with Gasteiger partial charge in [-0.05, 0) is 17.5 Å². The number of halogens is 2. The number of benzene rings is 1. The van der Waals surface area contributed by atoms with Gasteiger partial charge in [-0.1, -0.05) is 13.8 Å². The second kappa shape index (κ2) is 3.09. The van der Waals surface area contributed by atoms with Gasteiger partial charge in [-0.2, -0.15) is 0 Å². The summed E-state index contributed by atoms with van der Waals surface area (Å²) in [5, 5.41) is 9.18. The highest BCUT2D eigenvalue weighted by molar-refractivity contribution is 5.35. The Labute approximate surface area is 69.7 Å². The van der Waals surface area contributed by atoms with E-state index >= 15 is 0 Å². The van der Waals surface area contributed by atoms with Gasteiger partial charge in [0.25, 0.3) is 0 Å². The van der Waals surface area contributed by atoms with Gasteiger partial charge in [-0.15, -0.1) is 0 Å². The summed E-state index contributed by atoms with van der Waals surface area (Å²) in [6, 6.07) is 1.82. The van der Waals surface area contributed by atoms with Gasteiger partial charge in [0, 0.05) is 6.07 Å². The Morgan fingerprint density at radius 1 is 1.17 bits per heavy atom. The summed E-state index contributed by atoms with van der Waals surface area (Å²) in [6.45, 7) is 3.60. The van der Waals surface area contributed by atoms with Crippen molar-refractivity contribution in [2.45, 2.75) is 19.8 Å². The van der Waals surface area contributed by atoms with Crippen molar-refractivity contribution in [3.8, 4) is 5.75 Å². The highest BCUT2D eigenvalue weighted by Gasteiger charge is 2.10. The topological polar surface area (TPSA) is 20.2 Å². The van der Waals surface area contributed by atoms with Crippen LogP contribution < -0.4 is 0 Å². The fourth-order valence-corrected chi connectivity index (χ4v) is 1.01. The second-order valence-electron chi connectivity index (χ2n) is 2.98. The fourth-order valence-electron chi connectivity index (χ4n) is 1.01. The average molecular weight is 172 g/mol. The quantitative estimate of drug-likeness (QED) is 0.690. The first kappa shape index (κ1) is 8.97. The molecule has 0 spiro atoms. The van der Waals surface area contributed by atoms with Crippen LogP contribution >= 0.6 is 0 Å². The average Bonchev–Trinajstić information content (AvgIpc) is 1.96. The van der Waals surface area contributed by atoms with Gasteiger partial charge in [-0.25, -0.2) is 8.78 Å². The molecule has 0 radical (unpaired) electrons. The molecule has 12 heavy (non-hydrogen) atoms. The molecule has 0 heterocycles. The monoisotopic (exact) mass is 172 g/mol. The molecule has 1 N–H and O–H groups in total. The number of hydrogen-bond donors (Lipinski definition) is 1. The molecule has 0 fully saturated rings. The molecule has 66 valence electrons. The van der Waals surface area contributed by atoms with Gasteiger partial charge in [0.1, 0.15) is 5.75 Å². The van der Waals surface area contributed by atoms with E-state index in [9.17, 15) is 13.9 Å². The SMILES string of the molecule is CC(C)c1cc(F)c(F)cc1O. The molecule has 0 aliphatic carbocycles. The largest absolute Gasteiger partial charge is 0.508 e. The summed E-state index contributed by atoms with van der Waals surface area (Å²) in [4.78, 5) is 0. The van der Waals surface area contributed by atoms with E-state index in [1.54, 1.807) is 13.8 Å². The van der Waals surface area contributed by atoms with Crippen LogP contribution in [0.3, 0.4) is 0 Å². The first-order valence-electron chi connectivity index (χ1n) is 3.70. The lowest BCUT2D eigenvalue weighted by molar-refractivity contribution is 0.444. The van der Waals surface area contributed by atoms with E-state index in [-0.39, 0.29) is 11.7 Å². The van der Waals surface area contributed by atoms with Gasteiger partial charge in [-0.3, -0.25) is 0 Å². The molecule has 0 saturated carbocycles. The lowest BCUT2D eigenvalue weighted by Crippen LogP contribution is -1.92. The lowest BCUT2D eigenvalue weighted by Gasteiger charge is -2.07. The van der Waals surface area contributed by atoms with Gasteiger partial charge in [0.2, 0.25) is 0 Å². The molecule has 0 saturated heterocycles. The molecule has 0 bridgehead atoms. The Morgan fingerprint density at radius 3 is 2.17 bits per heavy atom. The zero-order chi connectivity index (χ0) is 9.30. The zero-order valence-electron chi connectivity index (χ0n) is 6.94. The van der Waals surface area contributed by atoms with E-state index in [1.807, 2.05) is 0 Å². The number of hydrogen-bond acceptors (Lipinski definition) is 1. The van der Waals surface area contributed by atoms with Crippen molar-refractivity contribution in [2.75, 3.05) is 0 Å². The summed E-state index contributed by atoms with van der Waals surface area (Å²) in [6.07, 6.45) is 0. The van der Waals surface area contributed by atoms with Gasteiger partial charge >= 0.3 is 0 Å².